The van der Waals surface area contributed by atoms with Crippen LogP contribution < -0.4 is 15.0 Å². The van der Waals surface area contributed by atoms with Crippen LogP contribution in [0.3, 0.4) is 0 Å². The number of anilines is 2. The molecule has 0 unspecified atom stereocenters. The molecule has 0 radical (unpaired) electrons. The minimum Gasteiger partial charge on any atom is -0.479 e. The first-order valence-electron chi connectivity index (χ1n) is 7.68. The lowest BCUT2D eigenvalue weighted by molar-refractivity contribution is 0.402. The van der Waals surface area contributed by atoms with Crippen molar-refractivity contribution in [2.45, 2.75) is 13.0 Å². The maximum atomic E-state index is 5.48. The third kappa shape index (κ3) is 2.16. The third-order valence-electron chi connectivity index (χ3n) is 4.32. The molecule has 23 heavy (non-hydrogen) atoms. The molecule has 3 aromatic rings. The number of rotatable bonds is 3. The monoisotopic (exact) mass is 306 g/mol. The summed E-state index contributed by atoms with van der Waals surface area (Å²) in [5.41, 5.74) is 4.06. The molecule has 0 saturated heterocycles. The van der Waals surface area contributed by atoms with Crippen LogP contribution in [0.25, 0.3) is 10.9 Å². The van der Waals surface area contributed by atoms with Crippen LogP contribution in [-0.2, 0) is 0 Å². The van der Waals surface area contributed by atoms with Gasteiger partial charge in [-0.2, -0.15) is 0 Å². The van der Waals surface area contributed by atoms with E-state index in [-0.39, 0.29) is 6.04 Å². The van der Waals surface area contributed by atoms with E-state index in [1.165, 1.54) is 0 Å². The van der Waals surface area contributed by atoms with Crippen LogP contribution >= 0.6 is 0 Å². The van der Waals surface area contributed by atoms with Crippen LogP contribution in [0.1, 0.15) is 18.7 Å². The molecular formula is C18H18N4O. The molecule has 1 N–H and O–H groups in total. The summed E-state index contributed by atoms with van der Waals surface area (Å²) in [5, 5.41) is 4.54. The van der Waals surface area contributed by atoms with Gasteiger partial charge in [-0.25, -0.2) is 4.98 Å². The predicted octanol–water partition coefficient (Wildman–Crippen LogP) is 3.59. The number of methoxy groups -OCH3 is 1. The van der Waals surface area contributed by atoms with Gasteiger partial charge in [0.25, 0.3) is 0 Å². The standard InChI is InChI=1S/C18H18N4O/c1-12(14-8-5-6-10-19-14)22-11-20-16-17(22)13-7-3-4-9-15(13)21-18(16)23-2/h3-10,12,20H,11H2,1-2H3/t12-/m1/s1. The lowest BCUT2D eigenvalue weighted by Gasteiger charge is -2.26. The summed E-state index contributed by atoms with van der Waals surface area (Å²) in [6.07, 6.45) is 1.83. The molecule has 0 amide bonds. The van der Waals surface area contributed by atoms with Crippen molar-refractivity contribution in [3.8, 4) is 5.88 Å². The third-order valence-corrected chi connectivity index (χ3v) is 4.32. The molecule has 1 aromatic carbocycles. The summed E-state index contributed by atoms with van der Waals surface area (Å²) < 4.78 is 5.48. The van der Waals surface area contributed by atoms with Gasteiger partial charge in [-0.3, -0.25) is 4.98 Å². The Morgan fingerprint density at radius 3 is 2.78 bits per heavy atom. The van der Waals surface area contributed by atoms with E-state index in [0.717, 1.165) is 28.0 Å². The fourth-order valence-corrected chi connectivity index (χ4v) is 3.13. The summed E-state index contributed by atoms with van der Waals surface area (Å²) in [6.45, 7) is 2.87. The first-order chi connectivity index (χ1) is 11.3. The minimum absolute atomic E-state index is 0.153. The Balaban J connectivity index is 1.89. The van der Waals surface area contributed by atoms with Gasteiger partial charge >= 0.3 is 0 Å². The Kier molecular flexibility index (Phi) is 3.26. The Bertz CT molecular complexity index is 850. The van der Waals surface area contributed by atoms with Crippen molar-refractivity contribution in [1.29, 1.82) is 0 Å². The number of fused-ring (bicyclic) bond motifs is 3. The maximum Gasteiger partial charge on any atom is 0.239 e. The van der Waals surface area contributed by atoms with Crippen molar-refractivity contribution in [3.63, 3.8) is 0 Å². The summed E-state index contributed by atoms with van der Waals surface area (Å²) in [5.74, 6) is 0.634. The molecule has 0 spiro atoms. The Morgan fingerprint density at radius 1 is 1.17 bits per heavy atom. The molecule has 2 aromatic heterocycles. The molecule has 5 nitrogen and oxygen atoms in total. The number of aromatic nitrogens is 2. The molecule has 1 aliphatic heterocycles. The SMILES string of the molecule is COc1nc2ccccc2c2c1NCN2[C@H](C)c1ccccn1. The van der Waals surface area contributed by atoms with Crippen molar-refractivity contribution in [3.05, 3.63) is 54.4 Å². The van der Waals surface area contributed by atoms with Crippen molar-refractivity contribution in [2.75, 3.05) is 24.0 Å². The molecular weight excluding hydrogens is 288 g/mol. The van der Waals surface area contributed by atoms with Gasteiger partial charge in [-0.15, -0.1) is 0 Å². The molecule has 5 heteroatoms. The number of hydrogen-bond donors (Lipinski definition) is 1. The molecule has 0 aliphatic carbocycles. The van der Waals surface area contributed by atoms with Gasteiger partial charge in [-0.05, 0) is 25.1 Å². The Hall–Kier alpha value is -2.82. The molecule has 3 heterocycles. The summed E-state index contributed by atoms with van der Waals surface area (Å²) in [6, 6.07) is 14.3. The number of para-hydroxylation sites is 1. The van der Waals surface area contributed by atoms with Crippen LogP contribution in [0.2, 0.25) is 0 Å². The van der Waals surface area contributed by atoms with E-state index in [9.17, 15) is 0 Å². The average molecular weight is 306 g/mol. The number of pyridine rings is 2. The maximum absolute atomic E-state index is 5.48. The normalized spacial score (nSPS) is 14.4. The quantitative estimate of drug-likeness (QED) is 0.801. The molecule has 1 aliphatic rings. The van der Waals surface area contributed by atoms with E-state index in [0.29, 0.717) is 12.5 Å². The van der Waals surface area contributed by atoms with Crippen molar-refractivity contribution in [2.24, 2.45) is 0 Å². The van der Waals surface area contributed by atoms with E-state index in [4.69, 9.17) is 4.74 Å². The molecule has 4 rings (SSSR count). The van der Waals surface area contributed by atoms with E-state index < -0.39 is 0 Å². The summed E-state index contributed by atoms with van der Waals surface area (Å²) >= 11 is 0. The topological polar surface area (TPSA) is 50.3 Å². The lowest BCUT2D eigenvalue weighted by atomic mass is 10.1. The second kappa shape index (κ2) is 5.43. The second-order valence-corrected chi connectivity index (χ2v) is 5.60. The fourth-order valence-electron chi connectivity index (χ4n) is 3.13. The molecule has 0 bridgehead atoms. The smallest absolute Gasteiger partial charge is 0.239 e. The van der Waals surface area contributed by atoms with Crippen molar-refractivity contribution >= 4 is 22.3 Å². The summed E-state index contributed by atoms with van der Waals surface area (Å²) in [7, 11) is 1.66. The summed E-state index contributed by atoms with van der Waals surface area (Å²) in [4.78, 5) is 11.4. The highest BCUT2D eigenvalue weighted by molar-refractivity contribution is 6.02. The van der Waals surface area contributed by atoms with E-state index in [1.807, 2.05) is 36.5 Å². The van der Waals surface area contributed by atoms with Crippen LogP contribution in [0.15, 0.2) is 48.7 Å². The first-order valence-corrected chi connectivity index (χ1v) is 7.68. The van der Waals surface area contributed by atoms with E-state index in [2.05, 4.69) is 39.2 Å². The number of hydrogen-bond acceptors (Lipinski definition) is 5. The highest BCUT2D eigenvalue weighted by Crippen LogP contribution is 2.45. The van der Waals surface area contributed by atoms with E-state index in [1.54, 1.807) is 7.11 Å². The number of nitrogens with one attached hydrogen (secondary N) is 1. The number of benzene rings is 1. The van der Waals surface area contributed by atoms with Gasteiger partial charge in [0, 0.05) is 11.6 Å². The van der Waals surface area contributed by atoms with Gasteiger partial charge in [0.15, 0.2) is 0 Å². The second-order valence-electron chi connectivity index (χ2n) is 5.60. The van der Waals surface area contributed by atoms with Crippen LogP contribution in [-0.4, -0.2) is 23.7 Å². The zero-order valence-electron chi connectivity index (χ0n) is 13.2. The zero-order chi connectivity index (χ0) is 15.8. The Labute approximate surface area is 134 Å². The number of ether oxygens (including phenoxy) is 1. The molecule has 116 valence electrons. The van der Waals surface area contributed by atoms with Gasteiger partial charge in [0.05, 0.1) is 36.7 Å². The van der Waals surface area contributed by atoms with Crippen molar-refractivity contribution < 1.29 is 4.74 Å². The predicted molar refractivity (Wildman–Crippen MR) is 91.9 cm³/mol. The number of nitrogens with zero attached hydrogens (tertiary/aromatic N) is 3. The van der Waals surface area contributed by atoms with Gasteiger partial charge in [-0.1, -0.05) is 24.3 Å². The van der Waals surface area contributed by atoms with Crippen LogP contribution in [0.5, 0.6) is 5.88 Å². The molecule has 0 fully saturated rings. The zero-order valence-corrected chi connectivity index (χ0v) is 13.2. The largest absolute Gasteiger partial charge is 0.479 e. The van der Waals surface area contributed by atoms with E-state index >= 15 is 0 Å². The average Bonchev–Trinajstić information content (AvgIpc) is 3.06. The first kappa shape index (κ1) is 13.8. The minimum atomic E-state index is 0.153. The van der Waals surface area contributed by atoms with Crippen LogP contribution in [0.4, 0.5) is 11.4 Å². The highest BCUT2D eigenvalue weighted by atomic mass is 16.5. The molecule has 1 atom stereocenters. The fraction of sp³-hybridized carbons (Fsp3) is 0.222. The van der Waals surface area contributed by atoms with Gasteiger partial charge in [0.2, 0.25) is 5.88 Å². The van der Waals surface area contributed by atoms with Crippen molar-refractivity contribution in [1.82, 2.24) is 9.97 Å². The highest BCUT2D eigenvalue weighted by Gasteiger charge is 2.30. The Morgan fingerprint density at radius 2 is 2.00 bits per heavy atom. The van der Waals surface area contributed by atoms with Gasteiger partial charge < -0.3 is 15.0 Å². The lowest BCUT2D eigenvalue weighted by Crippen LogP contribution is -2.27. The molecule has 0 saturated carbocycles. The van der Waals surface area contributed by atoms with Gasteiger partial charge in [0.1, 0.15) is 5.69 Å². The van der Waals surface area contributed by atoms with Crippen LogP contribution in [0, 0.1) is 0 Å².